The molecule has 1 aliphatic rings. The van der Waals surface area contributed by atoms with E-state index in [-0.39, 0.29) is 11.6 Å². The SMILES string of the molecule is O=C(O)c1csc2c(NC3COC3)ncnc12. The summed E-state index contributed by atoms with van der Waals surface area (Å²) in [6, 6.07) is 0.253. The second-order valence-electron chi connectivity index (χ2n) is 3.73. The maximum absolute atomic E-state index is 11.0. The first-order valence-corrected chi connectivity index (χ1v) is 5.93. The molecule has 1 aliphatic heterocycles. The molecule has 2 aromatic rings. The molecular weight excluding hydrogens is 242 g/mol. The maximum atomic E-state index is 11.0. The van der Waals surface area contributed by atoms with Gasteiger partial charge in [0.2, 0.25) is 0 Å². The molecule has 88 valence electrons. The fourth-order valence-electron chi connectivity index (χ4n) is 1.62. The molecule has 0 radical (unpaired) electrons. The fourth-order valence-corrected chi connectivity index (χ4v) is 2.56. The molecule has 2 N–H and O–H groups in total. The number of nitrogens with zero attached hydrogens (tertiary/aromatic N) is 2. The molecular formula is C10H9N3O3S. The number of anilines is 1. The number of hydrogen-bond donors (Lipinski definition) is 2. The molecule has 0 bridgehead atoms. The number of ether oxygens (including phenoxy) is 1. The Morgan fingerprint density at radius 1 is 1.53 bits per heavy atom. The summed E-state index contributed by atoms with van der Waals surface area (Å²) in [4.78, 5) is 19.1. The highest BCUT2D eigenvalue weighted by Gasteiger charge is 2.21. The van der Waals surface area contributed by atoms with Crippen LogP contribution in [-0.4, -0.2) is 40.3 Å². The lowest BCUT2D eigenvalue weighted by molar-refractivity contribution is 0.0210. The van der Waals surface area contributed by atoms with E-state index in [1.54, 1.807) is 5.38 Å². The summed E-state index contributed by atoms with van der Waals surface area (Å²) in [6.45, 7) is 1.31. The van der Waals surface area contributed by atoms with Crippen molar-refractivity contribution in [2.75, 3.05) is 18.5 Å². The Labute approximate surface area is 100 Å². The molecule has 6 nitrogen and oxygen atoms in total. The minimum atomic E-state index is -0.965. The summed E-state index contributed by atoms with van der Waals surface area (Å²) >= 11 is 1.34. The molecule has 0 atom stereocenters. The number of aromatic carboxylic acids is 1. The summed E-state index contributed by atoms with van der Waals surface area (Å²) in [6.07, 6.45) is 1.38. The van der Waals surface area contributed by atoms with E-state index in [4.69, 9.17) is 9.84 Å². The van der Waals surface area contributed by atoms with Gasteiger partial charge in [0.1, 0.15) is 17.7 Å². The van der Waals surface area contributed by atoms with Crippen LogP contribution in [0.1, 0.15) is 10.4 Å². The van der Waals surface area contributed by atoms with Crippen LogP contribution in [0.25, 0.3) is 10.2 Å². The third-order valence-electron chi connectivity index (χ3n) is 2.56. The monoisotopic (exact) mass is 251 g/mol. The van der Waals surface area contributed by atoms with Crippen LogP contribution in [0.4, 0.5) is 5.82 Å². The molecule has 0 aromatic carbocycles. The molecule has 17 heavy (non-hydrogen) atoms. The van der Waals surface area contributed by atoms with E-state index in [2.05, 4.69) is 15.3 Å². The minimum absolute atomic E-state index is 0.223. The molecule has 1 saturated heterocycles. The Kier molecular flexibility index (Phi) is 2.41. The maximum Gasteiger partial charge on any atom is 0.338 e. The van der Waals surface area contributed by atoms with Crippen LogP contribution in [0.2, 0.25) is 0 Å². The highest BCUT2D eigenvalue weighted by Crippen LogP contribution is 2.29. The number of nitrogens with one attached hydrogen (secondary N) is 1. The van der Waals surface area contributed by atoms with Crippen molar-refractivity contribution in [2.24, 2.45) is 0 Å². The number of hydrogen-bond acceptors (Lipinski definition) is 6. The van der Waals surface area contributed by atoms with Gasteiger partial charge in [-0.1, -0.05) is 0 Å². The largest absolute Gasteiger partial charge is 0.478 e. The number of thiophene rings is 1. The van der Waals surface area contributed by atoms with Gasteiger partial charge in [-0.15, -0.1) is 11.3 Å². The van der Waals surface area contributed by atoms with Gasteiger partial charge in [-0.25, -0.2) is 14.8 Å². The first-order valence-electron chi connectivity index (χ1n) is 5.05. The number of carboxylic acids is 1. The van der Waals surface area contributed by atoms with Gasteiger partial charge in [0.25, 0.3) is 0 Å². The van der Waals surface area contributed by atoms with E-state index in [0.717, 1.165) is 4.70 Å². The van der Waals surface area contributed by atoms with E-state index in [1.165, 1.54) is 17.7 Å². The average Bonchev–Trinajstić information content (AvgIpc) is 2.67. The predicted octanol–water partition coefficient (Wildman–Crippen LogP) is 1.20. The summed E-state index contributed by atoms with van der Waals surface area (Å²) in [7, 11) is 0. The standard InChI is InChI=1S/C10H9N3O3S/c14-10(15)6-3-17-8-7(6)11-4-12-9(8)13-5-1-16-2-5/h3-5H,1-2H2,(H,14,15)(H,11,12,13). The Bertz CT molecular complexity index is 579. The third-order valence-corrected chi connectivity index (χ3v) is 3.54. The lowest BCUT2D eigenvalue weighted by atomic mass is 10.2. The second kappa shape index (κ2) is 3.94. The molecule has 2 aromatic heterocycles. The van der Waals surface area contributed by atoms with Crippen molar-refractivity contribution in [3.8, 4) is 0 Å². The van der Waals surface area contributed by atoms with E-state index in [0.29, 0.717) is 24.5 Å². The molecule has 1 fully saturated rings. The van der Waals surface area contributed by atoms with Crippen LogP contribution in [0, 0.1) is 0 Å². The first-order chi connectivity index (χ1) is 8.25. The summed E-state index contributed by atoms with van der Waals surface area (Å²) in [5.41, 5.74) is 0.709. The Balaban J connectivity index is 2.03. The zero-order chi connectivity index (χ0) is 11.8. The van der Waals surface area contributed by atoms with Gasteiger partial charge in [0.15, 0.2) is 0 Å². The van der Waals surface area contributed by atoms with Crippen molar-refractivity contribution in [3.05, 3.63) is 17.3 Å². The van der Waals surface area contributed by atoms with E-state index >= 15 is 0 Å². The van der Waals surface area contributed by atoms with Crippen molar-refractivity contribution < 1.29 is 14.6 Å². The first kappa shape index (κ1) is 10.4. The molecule has 3 heterocycles. The average molecular weight is 251 g/mol. The quantitative estimate of drug-likeness (QED) is 0.852. The van der Waals surface area contributed by atoms with Gasteiger partial charge in [-0.3, -0.25) is 0 Å². The van der Waals surface area contributed by atoms with Crippen LogP contribution in [0.15, 0.2) is 11.7 Å². The topological polar surface area (TPSA) is 84.3 Å². The molecule has 3 rings (SSSR count). The van der Waals surface area contributed by atoms with Crippen molar-refractivity contribution >= 4 is 33.3 Å². The van der Waals surface area contributed by atoms with Gasteiger partial charge in [0, 0.05) is 5.38 Å². The lowest BCUT2D eigenvalue weighted by Gasteiger charge is -2.27. The molecule has 0 spiro atoms. The Hall–Kier alpha value is -1.73. The smallest absolute Gasteiger partial charge is 0.338 e. The predicted molar refractivity (Wildman–Crippen MR) is 62.6 cm³/mol. The highest BCUT2D eigenvalue weighted by atomic mass is 32.1. The van der Waals surface area contributed by atoms with Crippen LogP contribution in [0.5, 0.6) is 0 Å². The summed E-state index contributed by atoms with van der Waals surface area (Å²) in [5.74, 6) is -0.284. The normalized spacial score (nSPS) is 15.8. The zero-order valence-corrected chi connectivity index (χ0v) is 9.53. The van der Waals surface area contributed by atoms with Crippen molar-refractivity contribution in [1.29, 1.82) is 0 Å². The number of fused-ring (bicyclic) bond motifs is 1. The van der Waals surface area contributed by atoms with Gasteiger partial charge in [0.05, 0.1) is 29.5 Å². The van der Waals surface area contributed by atoms with Crippen LogP contribution in [-0.2, 0) is 4.74 Å². The van der Waals surface area contributed by atoms with Crippen molar-refractivity contribution in [3.63, 3.8) is 0 Å². The third kappa shape index (κ3) is 1.73. The second-order valence-corrected chi connectivity index (χ2v) is 4.61. The van der Waals surface area contributed by atoms with Crippen molar-refractivity contribution in [1.82, 2.24) is 9.97 Å². The number of carboxylic acid groups (broad SMARTS) is 1. The van der Waals surface area contributed by atoms with E-state index < -0.39 is 5.97 Å². The fraction of sp³-hybridized carbons (Fsp3) is 0.300. The Morgan fingerprint density at radius 2 is 2.35 bits per heavy atom. The van der Waals surface area contributed by atoms with Crippen LogP contribution < -0.4 is 5.32 Å². The molecule has 0 aliphatic carbocycles. The number of rotatable bonds is 3. The van der Waals surface area contributed by atoms with Gasteiger partial charge < -0.3 is 15.2 Å². The summed E-state index contributed by atoms with van der Waals surface area (Å²) in [5, 5.41) is 13.8. The van der Waals surface area contributed by atoms with Crippen LogP contribution >= 0.6 is 11.3 Å². The zero-order valence-electron chi connectivity index (χ0n) is 8.71. The van der Waals surface area contributed by atoms with E-state index in [1.807, 2.05) is 0 Å². The van der Waals surface area contributed by atoms with Gasteiger partial charge in [-0.2, -0.15) is 0 Å². The summed E-state index contributed by atoms with van der Waals surface area (Å²) < 4.78 is 5.84. The Morgan fingerprint density at radius 3 is 3.00 bits per heavy atom. The number of carbonyl (C=O) groups is 1. The molecule has 0 saturated carbocycles. The highest BCUT2D eigenvalue weighted by molar-refractivity contribution is 7.18. The van der Waals surface area contributed by atoms with Crippen molar-refractivity contribution in [2.45, 2.75) is 6.04 Å². The van der Waals surface area contributed by atoms with Crippen LogP contribution in [0.3, 0.4) is 0 Å². The van der Waals surface area contributed by atoms with E-state index in [9.17, 15) is 4.79 Å². The number of aromatic nitrogens is 2. The molecule has 0 amide bonds. The lowest BCUT2D eigenvalue weighted by Crippen LogP contribution is -2.40. The minimum Gasteiger partial charge on any atom is -0.478 e. The molecule has 7 heteroatoms. The molecule has 0 unspecified atom stereocenters. The van der Waals surface area contributed by atoms with Gasteiger partial charge >= 0.3 is 5.97 Å². The van der Waals surface area contributed by atoms with Gasteiger partial charge in [-0.05, 0) is 0 Å².